The van der Waals surface area contributed by atoms with Gasteiger partial charge in [-0.25, -0.2) is 4.79 Å². The number of rotatable bonds is 6. The molecule has 0 saturated carbocycles. The smallest absolute Gasteiger partial charge is 0.407 e. The predicted molar refractivity (Wildman–Crippen MR) is 84.4 cm³/mol. The molecule has 0 unspecified atom stereocenters. The molecule has 0 bridgehead atoms. The zero-order valence-corrected chi connectivity index (χ0v) is 13.7. The van der Waals surface area contributed by atoms with Gasteiger partial charge in [0.05, 0.1) is 12.6 Å². The fourth-order valence-corrected chi connectivity index (χ4v) is 2.02. The second-order valence-electron chi connectivity index (χ2n) is 6.20. The minimum atomic E-state index is -0.770. The normalized spacial score (nSPS) is 15.6. The zero-order chi connectivity index (χ0) is 16.7. The topological polar surface area (TPSA) is 66.0 Å². The predicted octanol–water partition coefficient (Wildman–Crippen LogP) is 2.94. The van der Waals surface area contributed by atoms with E-state index in [9.17, 15) is 4.79 Å². The summed E-state index contributed by atoms with van der Waals surface area (Å²) in [6.07, 6.45) is 2.96. The quantitative estimate of drug-likeness (QED) is 0.872. The average molecular weight is 321 g/mol. The molecule has 0 aliphatic carbocycles. The molecule has 2 rings (SSSR count). The highest BCUT2D eigenvalue weighted by Gasteiger charge is 2.22. The summed E-state index contributed by atoms with van der Waals surface area (Å²) in [6.45, 7) is 4.93. The number of hydrogen-bond acceptors (Lipinski definition) is 5. The third-order valence-electron chi connectivity index (χ3n) is 2.91. The summed E-state index contributed by atoms with van der Waals surface area (Å²) in [5.41, 5.74) is 0.535. The maximum Gasteiger partial charge on any atom is 0.407 e. The molecule has 1 aliphatic heterocycles. The van der Waals surface area contributed by atoms with Crippen molar-refractivity contribution in [1.29, 1.82) is 0 Å². The van der Waals surface area contributed by atoms with Gasteiger partial charge in [-0.15, -0.1) is 0 Å². The van der Waals surface area contributed by atoms with E-state index in [4.69, 9.17) is 18.9 Å². The molecular formula is C17H23NO5. The van der Waals surface area contributed by atoms with E-state index < -0.39 is 18.2 Å². The number of carbonyl (C=O) groups is 1. The summed E-state index contributed by atoms with van der Waals surface area (Å²) in [6, 6.07) is 9.58. The molecule has 0 spiro atoms. The Kier molecular flexibility index (Phi) is 5.87. The molecule has 1 aliphatic rings. The number of alkyl carbamates (subject to hydrolysis) is 1. The van der Waals surface area contributed by atoms with Gasteiger partial charge in [-0.3, -0.25) is 0 Å². The lowest BCUT2D eigenvalue weighted by molar-refractivity contribution is -0.221. The van der Waals surface area contributed by atoms with Crippen molar-refractivity contribution >= 4 is 6.09 Å². The molecule has 0 fully saturated rings. The number of benzene rings is 1. The van der Waals surface area contributed by atoms with E-state index in [1.54, 1.807) is 0 Å². The van der Waals surface area contributed by atoms with E-state index in [2.05, 4.69) is 5.32 Å². The highest BCUT2D eigenvalue weighted by molar-refractivity contribution is 5.68. The van der Waals surface area contributed by atoms with Gasteiger partial charge in [-0.1, -0.05) is 30.3 Å². The molecule has 1 atom stereocenters. The van der Waals surface area contributed by atoms with Crippen LogP contribution in [0.4, 0.5) is 4.79 Å². The number of amides is 1. The second-order valence-corrected chi connectivity index (χ2v) is 6.20. The van der Waals surface area contributed by atoms with Crippen molar-refractivity contribution in [1.82, 2.24) is 5.32 Å². The number of ether oxygens (including phenoxy) is 4. The summed E-state index contributed by atoms with van der Waals surface area (Å²) in [5, 5.41) is 2.83. The molecule has 1 heterocycles. The van der Waals surface area contributed by atoms with Gasteiger partial charge < -0.3 is 24.3 Å². The number of carbonyl (C=O) groups excluding carboxylic acids is 1. The molecule has 1 aromatic carbocycles. The molecule has 6 nitrogen and oxygen atoms in total. The van der Waals surface area contributed by atoms with E-state index in [1.807, 2.05) is 51.1 Å². The summed E-state index contributed by atoms with van der Waals surface area (Å²) >= 11 is 0. The van der Waals surface area contributed by atoms with Gasteiger partial charge in [0.15, 0.2) is 0 Å². The van der Waals surface area contributed by atoms with Crippen molar-refractivity contribution in [3.63, 3.8) is 0 Å². The Bertz CT molecular complexity index is 516. The maximum absolute atomic E-state index is 12.0. The van der Waals surface area contributed by atoms with Crippen LogP contribution in [0.5, 0.6) is 0 Å². The molecule has 0 aromatic heterocycles. The maximum atomic E-state index is 12.0. The van der Waals surface area contributed by atoms with E-state index >= 15 is 0 Å². The van der Waals surface area contributed by atoms with Crippen LogP contribution in [0.15, 0.2) is 42.9 Å². The third-order valence-corrected chi connectivity index (χ3v) is 2.91. The van der Waals surface area contributed by atoms with E-state index in [0.717, 1.165) is 5.56 Å². The Morgan fingerprint density at radius 1 is 1.22 bits per heavy atom. The van der Waals surface area contributed by atoms with Crippen LogP contribution in [0.25, 0.3) is 0 Å². The highest BCUT2D eigenvalue weighted by atomic mass is 16.9. The van der Waals surface area contributed by atoms with Gasteiger partial charge in [0.2, 0.25) is 0 Å². The first-order chi connectivity index (χ1) is 10.9. The first-order valence-corrected chi connectivity index (χ1v) is 7.53. The summed E-state index contributed by atoms with van der Waals surface area (Å²) in [4.78, 5) is 12.0. The van der Waals surface area contributed by atoms with Gasteiger partial charge in [0.1, 0.15) is 18.1 Å². The van der Waals surface area contributed by atoms with Crippen molar-refractivity contribution in [3.05, 3.63) is 48.4 Å². The van der Waals surface area contributed by atoms with Crippen LogP contribution in [0.2, 0.25) is 0 Å². The molecule has 0 radical (unpaired) electrons. The Balaban J connectivity index is 1.91. The molecule has 6 heteroatoms. The van der Waals surface area contributed by atoms with Gasteiger partial charge in [-0.2, -0.15) is 0 Å². The molecule has 1 aromatic rings. The van der Waals surface area contributed by atoms with Crippen LogP contribution >= 0.6 is 0 Å². The van der Waals surface area contributed by atoms with E-state index in [0.29, 0.717) is 6.42 Å². The first kappa shape index (κ1) is 17.1. The van der Waals surface area contributed by atoms with Crippen LogP contribution < -0.4 is 5.32 Å². The Morgan fingerprint density at radius 2 is 1.87 bits per heavy atom. The van der Waals surface area contributed by atoms with Crippen LogP contribution in [0.3, 0.4) is 0 Å². The largest absolute Gasteiger partial charge is 0.444 e. The van der Waals surface area contributed by atoms with Crippen molar-refractivity contribution in [2.45, 2.75) is 45.3 Å². The van der Waals surface area contributed by atoms with Crippen molar-refractivity contribution in [3.8, 4) is 0 Å². The first-order valence-electron chi connectivity index (χ1n) is 7.53. The van der Waals surface area contributed by atoms with Crippen molar-refractivity contribution in [2.24, 2.45) is 0 Å². The molecular weight excluding hydrogens is 298 g/mol. The van der Waals surface area contributed by atoms with Crippen LogP contribution in [0, 0.1) is 0 Å². The van der Waals surface area contributed by atoms with E-state index in [1.165, 1.54) is 12.5 Å². The minimum absolute atomic E-state index is 0.237. The third kappa shape index (κ3) is 6.61. The second kappa shape index (κ2) is 7.87. The fraction of sp³-hybridized carbons (Fsp3) is 0.471. The Hall–Kier alpha value is -2.21. The Morgan fingerprint density at radius 3 is 2.48 bits per heavy atom. The van der Waals surface area contributed by atoms with E-state index in [-0.39, 0.29) is 12.6 Å². The fourth-order valence-electron chi connectivity index (χ4n) is 2.02. The average Bonchev–Trinajstić information content (AvgIpc) is 2.97. The lowest BCUT2D eigenvalue weighted by atomic mass is 10.1. The van der Waals surface area contributed by atoms with Crippen LogP contribution in [-0.4, -0.2) is 30.8 Å². The summed E-state index contributed by atoms with van der Waals surface area (Å²) in [7, 11) is 0. The highest BCUT2D eigenvalue weighted by Crippen LogP contribution is 2.11. The molecule has 126 valence electrons. The van der Waals surface area contributed by atoms with Crippen molar-refractivity contribution < 1.29 is 23.7 Å². The Labute approximate surface area is 136 Å². The minimum Gasteiger partial charge on any atom is -0.444 e. The lowest BCUT2D eigenvalue weighted by Gasteiger charge is -2.24. The molecule has 1 amide bonds. The van der Waals surface area contributed by atoms with Crippen LogP contribution in [0.1, 0.15) is 26.3 Å². The van der Waals surface area contributed by atoms with Crippen molar-refractivity contribution in [2.75, 3.05) is 6.61 Å². The summed E-state index contributed by atoms with van der Waals surface area (Å²) in [5.74, 6) is 0. The molecule has 1 N–H and O–H groups in total. The molecule has 0 saturated heterocycles. The van der Waals surface area contributed by atoms with Gasteiger partial charge in [0.25, 0.3) is 0 Å². The number of hydrogen-bond donors (Lipinski definition) is 1. The standard InChI is InChI=1S/C17H23NO5/c1-17(2,3)23-15(19)18-14(11-13-7-5-4-6-8-13)12-22-16-20-9-10-21-16/h4-10,14,16H,11-12H2,1-3H3,(H,18,19)/t14-/m1/s1. The lowest BCUT2D eigenvalue weighted by Crippen LogP contribution is -2.43. The monoisotopic (exact) mass is 321 g/mol. The molecule has 23 heavy (non-hydrogen) atoms. The SMILES string of the molecule is CC(C)(C)OC(=O)N[C@@H](COC1OC=CO1)Cc1ccccc1. The van der Waals surface area contributed by atoms with Gasteiger partial charge in [0, 0.05) is 0 Å². The zero-order valence-electron chi connectivity index (χ0n) is 13.7. The summed E-state index contributed by atoms with van der Waals surface area (Å²) < 4.78 is 20.9. The van der Waals surface area contributed by atoms with Gasteiger partial charge >= 0.3 is 12.6 Å². The van der Waals surface area contributed by atoms with Crippen LogP contribution in [-0.2, 0) is 25.4 Å². The number of nitrogens with one attached hydrogen (secondary N) is 1. The van der Waals surface area contributed by atoms with Gasteiger partial charge in [-0.05, 0) is 32.8 Å².